The molecule has 1 aromatic rings. The fourth-order valence-electron chi connectivity index (χ4n) is 2.07. The van der Waals surface area contributed by atoms with Crippen LogP contribution < -0.4 is 5.32 Å². The number of nitrogens with zero attached hydrogens (tertiary/aromatic N) is 2. The SMILES string of the molecule is CC(C)CCc1noc(CNC2CCS(=O)(=O)C2)n1. The zero-order chi connectivity index (χ0) is 13.9. The quantitative estimate of drug-likeness (QED) is 0.838. The fraction of sp³-hybridized carbons (Fsp3) is 0.833. The first-order valence-electron chi connectivity index (χ1n) is 6.70. The second kappa shape index (κ2) is 6.00. The predicted octanol–water partition coefficient (Wildman–Crippen LogP) is 0.935. The van der Waals surface area contributed by atoms with E-state index < -0.39 is 9.84 Å². The van der Waals surface area contributed by atoms with E-state index in [4.69, 9.17) is 4.52 Å². The van der Waals surface area contributed by atoms with E-state index in [1.54, 1.807) is 0 Å². The molecule has 7 heteroatoms. The van der Waals surface area contributed by atoms with Gasteiger partial charge in [0.2, 0.25) is 5.89 Å². The molecular weight excluding hydrogens is 266 g/mol. The number of aryl methyl sites for hydroxylation is 1. The van der Waals surface area contributed by atoms with Gasteiger partial charge in [-0.1, -0.05) is 19.0 Å². The monoisotopic (exact) mass is 287 g/mol. The van der Waals surface area contributed by atoms with Crippen LogP contribution in [0.25, 0.3) is 0 Å². The lowest BCUT2D eigenvalue weighted by Crippen LogP contribution is -2.29. The second-order valence-electron chi connectivity index (χ2n) is 5.52. The molecule has 0 bridgehead atoms. The molecule has 0 radical (unpaired) electrons. The number of aromatic nitrogens is 2. The number of hydrogen-bond acceptors (Lipinski definition) is 6. The molecule has 1 saturated heterocycles. The Hall–Kier alpha value is -0.950. The molecule has 0 spiro atoms. The first kappa shape index (κ1) is 14.5. The van der Waals surface area contributed by atoms with E-state index in [0.717, 1.165) is 18.7 Å². The van der Waals surface area contributed by atoms with Crippen LogP contribution in [0.1, 0.15) is 38.4 Å². The maximum atomic E-state index is 11.3. The molecule has 0 aromatic carbocycles. The van der Waals surface area contributed by atoms with Gasteiger partial charge in [-0.05, 0) is 18.8 Å². The largest absolute Gasteiger partial charge is 0.338 e. The lowest BCUT2D eigenvalue weighted by Gasteiger charge is -2.07. The molecule has 2 heterocycles. The van der Waals surface area contributed by atoms with Gasteiger partial charge in [0.05, 0.1) is 18.1 Å². The molecule has 1 aliphatic heterocycles. The van der Waals surface area contributed by atoms with E-state index in [2.05, 4.69) is 29.3 Å². The molecule has 0 aliphatic carbocycles. The Labute approximate surface area is 113 Å². The van der Waals surface area contributed by atoms with Gasteiger partial charge >= 0.3 is 0 Å². The Kier molecular flexibility index (Phi) is 4.57. The summed E-state index contributed by atoms with van der Waals surface area (Å²) in [7, 11) is -2.84. The van der Waals surface area contributed by atoms with Crippen molar-refractivity contribution in [3.05, 3.63) is 11.7 Å². The highest BCUT2D eigenvalue weighted by molar-refractivity contribution is 7.91. The first-order valence-corrected chi connectivity index (χ1v) is 8.52. The van der Waals surface area contributed by atoms with Gasteiger partial charge in [-0.2, -0.15) is 4.98 Å². The molecule has 0 saturated carbocycles. The topological polar surface area (TPSA) is 85.1 Å². The minimum absolute atomic E-state index is 0.0102. The lowest BCUT2D eigenvalue weighted by atomic mass is 10.1. The van der Waals surface area contributed by atoms with Crippen molar-refractivity contribution in [1.29, 1.82) is 0 Å². The van der Waals surface area contributed by atoms with Gasteiger partial charge in [-0.3, -0.25) is 0 Å². The summed E-state index contributed by atoms with van der Waals surface area (Å²) in [6.45, 7) is 4.75. The highest BCUT2D eigenvalue weighted by Crippen LogP contribution is 2.12. The lowest BCUT2D eigenvalue weighted by molar-refractivity contribution is 0.355. The molecule has 1 N–H and O–H groups in total. The van der Waals surface area contributed by atoms with Crippen LogP contribution in [0.5, 0.6) is 0 Å². The van der Waals surface area contributed by atoms with Gasteiger partial charge in [0.15, 0.2) is 15.7 Å². The van der Waals surface area contributed by atoms with Gasteiger partial charge in [-0.15, -0.1) is 0 Å². The predicted molar refractivity (Wildman–Crippen MR) is 71.4 cm³/mol. The van der Waals surface area contributed by atoms with Crippen molar-refractivity contribution in [3.8, 4) is 0 Å². The number of sulfone groups is 1. The van der Waals surface area contributed by atoms with Crippen LogP contribution in [0, 0.1) is 5.92 Å². The normalized spacial score (nSPS) is 22.2. The molecule has 108 valence electrons. The van der Waals surface area contributed by atoms with Crippen molar-refractivity contribution < 1.29 is 12.9 Å². The van der Waals surface area contributed by atoms with Crippen molar-refractivity contribution >= 4 is 9.84 Å². The summed E-state index contributed by atoms with van der Waals surface area (Å²) in [6, 6.07) is 0.0102. The van der Waals surface area contributed by atoms with Gasteiger partial charge in [0.25, 0.3) is 0 Å². The van der Waals surface area contributed by atoms with Crippen LogP contribution in [0.4, 0.5) is 0 Å². The maximum absolute atomic E-state index is 11.3. The zero-order valence-corrected chi connectivity index (χ0v) is 12.2. The summed E-state index contributed by atoms with van der Waals surface area (Å²) in [5.41, 5.74) is 0. The Bertz CT molecular complexity index is 510. The Balaban J connectivity index is 1.77. The van der Waals surface area contributed by atoms with E-state index in [1.807, 2.05) is 0 Å². The molecule has 1 aliphatic rings. The van der Waals surface area contributed by atoms with E-state index in [1.165, 1.54) is 0 Å². The number of rotatable bonds is 6. The second-order valence-corrected chi connectivity index (χ2v) is 7.75. The minimum atomic E-state index is -2.84. The third-order valence-electron chi connectivity index (χ3n) is 3.23. The highest BCUT2D eigenvalue weighted by atomic mass is 32.2. The van der Waals surface area contributed by atoms with Crippen molar-refractivity contribution in [2.75, 3.05) is 11.5 Å². The third kappa shape index (κ3) is 4.58. The van der Waals surface area contributed by atoms with Crippen LogP contribution in [0.15, 0.2) is 4.52 Å². The van der Waals surface area contributed by atoms with Crippen molar-refractivity contribution in [1.82, 2.24) is 15.5 Å². The molecule has 2 rings (SSSR count). The van der Waals surface area contributed by atoms with Crippen LogP contribution in [-0.2, 0) is 22.8 Å². The first-order chi connectivity index (χ1) is 8.94. The zero-order valence-electron chi connectivity index (χ0n) is 11.4. The van der Waals surface area contributed by atoms with Crippen LogP contribution in [-0.4, -0.2) is 36.1 Å². The number of hydrogen-bond donors (Lipinski definition) is 1. The van der Waals surface area contributed by atoms with E-state index >= 15 is 0 Å². The third-order valence-corrected chi connectivity index (χ3v) is 5.00. The van der Waals surface area contributed by atoms with Crippen LogP contribution >= 0.6 is 0 Å². The summed E-state index contributed by atoms with van der Waals surface area (Å²) < 4.78 is 27.8. The van der Waals surface area contributed by atoms with Crippen LogP contribution in [0.2, 0.25) is 0 Å². The molecule has 1 atom stereocenters. The summed E-state index contributed by atoms with van der Waals surface area (Å²) in [5, 5.41) is 7.07. The van der Waals surface area contributed by atoms with Crippen molar-refractivity contribution in [3.63, 3.8) is 0 Å². The average molecular weight is 287 g/mol. The summed E-state index contributed by atoms with van der Waals surface area (Å²) in [4.78, 5) is 4.29. The summed E-state index contributed by atoms with van der Waals surface area (Å²) >= 11 is 0. The molecule has 1 unspecified atom stereocenters. The summed E-state index contributed by atoms with van der Waals surface area (Å²) in [5.74, 6) is 2.35. The minimum Gasteiger partial charge on any atom is -0.338 e. The van der Waals surface area contributed by atoms with E-state index in [-0.39, 0.29) is 17.5 Å². The Morgan fingerprint density at radius 2 is 2.26 bits per heavy atom. The van der Waals surface area contributed by atoms with Gasteiger partial charge in [0.1, 0.15) is 0 Å². The molecule has 1 aromatic heterocycles. The number of nitrogens with one attached hydrogen (secondary N) is 1. The van der Waals surface area contributed by atoms with E-state index in [0.29, 0.717) is 24.8 Å². The molecular formula is C12H21N3O3S. The maximum Gasteiger partial charge on any atom is 0.240 e. The van der Waals surface area contributed by atoms with Crippen molar-refractivity contribution in [2.45, 2.75) is 45.7 Å². The molecule has 1 fully saturated rings. The average Bonchev–Trinajstić information content (AvgIpc) is 2.90. The Morgan fingerprint density at radius 1 is 1.47 bits per heavy atom. The Morgan fingerprint density at radius 3 is 2.89 bits per heavy atom. The van der Waals surface area contributed by atoms with Crippen molar-refractivity contribution in [2.24, 2.45) is 5.92 Å². The standard InChI is InChI=1S/C12H21N3O3S/c1-9(2)3-4-11-14-12(18-15-11)7-13-10-5-6-19(16,17)8-10/h9-10,13H,3-8H2,1-2H3. The smallest absolute Gasteiger partial charge is 0.240 e. The molecule has 6 nitrogen and oxygen atoms in total. The van der Waals surface area contributed by atoms with Gasteiger partial charge in [0, 0.05) is 12.5 Å². The summed E-state index contributed by atoms with van der Waals surface area (Å²) in [6.07, 6.45) is 2.52. The van der Waals surface area contributed by atoms with Gasteiger partial charge in [-0.25, -0.2) is 8.42 Å². The molecule has 19 heavy (non-hydrogen) atoms. The van der Waals surface area contributed by atoms with Gasteiger partial charge < -0.3 is 9.84 Å². The van der Waals surface area contributed by atoms with Crippen LogP contribution in [0.3, 0.4) is 0 Å². The molecule has 0 amide bonds. The van der Waals surface area contributed by atoms with E-state index in [9.17, 15) is 8.42 Å². The fourth-order valence-corrected chi connectivity index (χ4v) is 3.78. The highest BCUT2D eigenvalue weighted by Gasteiger charge is 2.27.